The first-order chi connectivity index (χ1) is 13.6. The van der Waals surface area contributed by atoms with Gasteiger partial charge in [-0.15, -0.1) is 0 Å². The van der Waals surface area contributed by atoms with E-state index in [4.69, 9.17) is 0 Å². The summed E-state index contributed by atoms with van der Waals surface area (Å²) in [5, 5.41) is 13.7. The van der Waals surface area contributed by atoms with Gasteiger partial charge in [-0.2, -0.15) is 0 Å². The molecule has 7 heteroatoms. The van der Waals surface area contributed by atoms with Gasteiger partial charge in [-0.05, 0) is 50.0 Å². The van der Waals surface area contributed by atoms with Crippen LogP contribution in [-0.4, -0.2) is 64.2 Å². The highest BCUT2D eigenvalue weighted by molar-refractivity contribution is 5.94. The number of aromatic nitrogens is 2. The van der Waals surface area contributed by atoms with Gasteiger partial charge < -0.3 is 15.3 Å². The Kier molecular flexibility index (Phi) is 5.54. The Hall–Kier alpha value is -2.51. The Bertz CT molecular complexity index is 792. The number of amides is 1. The molecule has 148 valence electrons. The molecule has 2 aliphatic heterocycles. The number of anilines is 1. The van der Waals surface area contributed by atoms with Crippen LogP contribution >= 0.6 is 0 Å². The molecule has 28 heavy (non-hydrogen) atoms. The number of rotatable bonds is 6. The summed E-state index contributed by atoms with van der Waals surface area (Å²) in [6.45, 7) is 4.60. The van der Waals surface area contributed by atoms with Crippen molar-refractivity contribution in [2.75, 3.05) is 37.6 Å². The van der Waals surface area contributed by atoms with Crippen molar-refractivity contribution in [2.45, 2.75) is 31.4 Å². The van der Waals surface area contributed by atoms with Gasteiger partial charge in [0.2, 0.25) is 0 Å². The fraction of sp³-hybridized carbons (Fsp3) is 0.476. The summed E-state index contributed by atoms with van der Waals surface area (Å²) in [6.07, 6.45) is 8.09. The third-order valence-corrected chi connectivity index (χ3v) is 5.60. The Morgan fingerprint density at radius 3 is 2.64 bits per heavy atom. The lowest BCUT2D eigenvalue weighted by Gasteiger charge is -2.24. The second-order valence-electron chi connectivity index (χ2n) is 7.82. The second kappa shape index (κ2) is 8.24. The normalized spacial score (nSPS) is 22.5. The highest BCUT2D eigenvalue weighted by Gasteiger charge is 2.37. The van der Waals surface area contributed by atoms with Crippen molar-refractivity contribution in [3.05, 3.63) is 54.0 Å². The lowest BCUT2D eigenvalue weighted by Crippen LogP contribution is -2.45. The van der Waals surface area contributed by atoms with Crippen molar-refractivity contribution in [1.29, 1.82) is 0 Å². The van der Waals surface area contributed by atoms with Crippen molar-refractivity contribution in [3.8, 4) is 0 Å². The van der Waals surface area contributed by atoms with Crippen LogP contribution in [0.5, 0.6) is 0 Å². The number of likely N-dealkylation sites (tertiary alicyclic amines) is 1. The Morgan fingerprint density at radius 1 is 1.14 bits per heavy atom. The number of benzene rings is 1. The molecule has 0 aliphatic carbocycles. The number of β-amino-alcohol motifs (C(OH)–C–C–N with tert-alkyl or cyclic N) is 1. The zero-order valence-corrected chi connectivity index (χ0v) is 16.0. The van der Waals surface area contributed by atoms with E-state index < -0.39 is 5.60 Å². The number of carbonyl (C=O) groups excluding carboxylic acids is 1. The Morgan fingerprint density at radius 2 is 1.93 bits per heavy atom. The largest absolute Gasteiger partial charge is 0.386 e. The number of aliphatic hydroxyl groups is 1. The predicted molar refractivity (Wildman–Crippen MR) is 107 cm³/mol. The van der Waals surface area contributed by atoms with E-state index in [2.05, 4.69) is 20.2 Å². The highest BCUT2D eigenvalue weighted by Crippen LogP contribution is 2.24. The molecule has 4 rings (SSSR count). The lowest BCUT2D eigenvalue weighted by atomic mass is 10.0. The zero-order chi connectivity index (χ0) is 19.4. The van der Waals surface area contributed by atoms with E-state index in [0.717, 1.165) is 25.5 Å². The average Bonchev–Trinajstić information content (AvgIpc) is 3.38. The van der Waals surface area contributed by atoms with Crippen molar-refractivity contribution in [3.63, 3.8) is 0 Å². The lowest BCUT2D eigenvalue weighted by molar-refractivity contribution is 0.0575. The van der Waals surface area contributed by atoms with Gasteiger partial charge in [-0.25, -0.2) is 4.98 Å². The molecule has 1 aromatic carbocycles. The van der Waals surface area contributed by atoms with Gasteiger partial charge in [-0.1, -0.05) is 12.1 Å². The molecular weight excluding hydrogens is 354 g/mol. The molecular formula is C21H27N5O2. The van der Waals surface area contributed by atoms with Crippen molar-refractivity contribution in [2.24, 2.45) is 0 Å². The van der Waals surface area contributed by atoms with E-state index in [-0.39, 0.29) is 12.5 Å². The summed E-state index contributed by atoms with van der Waals surface area (Å²) >= 11 is 0. The van der Waals surface area contributed by atoms with Gasteiger partial charge in [0.15, 0.2) is 0 Å². The molecule has 1 aromatic heterocycles. The van der Waals surface area contributed by atoms with E-state index in [1.807, 2.05) is 29.2 Å². The fourth-order valence-electron chi connectivity index (χ4n) is 3.96. The first-order valence-electron chi connectivity index (χ1n) is 9.94. The highest BCUT2D eigenvalue weighted by atomic mass is 16.3. The van der Waals surface area contributed by atoms with Crippen LogP contribution in [0.25, 0.3) is 0 Å². The minimum absolute atomic E-state index is 0.154. The van der Waals surface area contributed by atoms with Crippen LogP contribution in [-0.2, 0) is 6.54 Å². The standard InChI is InChI=1S/C21H27N5O2/c27-20(18-5-3-17(4-6-18)14-25-10-1-2-11-25)24-15-21(28)7-12-26(16-21)19-13-22-8-9-23-19/h3-6,8-9,13,28H,1-2,7,10-12,14-16H2,(H,24,27)/t21-/m0/s1. The summed E-state index contributed by atoms with van der Waals surface area (Å²) in [5.74, 6) is 0.595. The van der Waals surface area contributed by atoms with Crippen LogP contribution in [0.2, 0.25) is 0 Å². The summed E-state index contributed by atoms with van der Waals surface area (Å²) in [4.78, 5) is 25.3. The first-order valence-corrected chi connectivity index (χ1v) is 9.94. The smallest absolute Gasteiger partial charge is 0.251 e. The summed E-state index contributed by atoms with van der Waals surface area (Å²) in [7, 11) is 0. The van der Waals surface area contributed by atoms with E-state index >= 15 is 0 Å². The van der Waals surface area contributed by atoms with Gasteiger partial charge in [0.25, 0.3) is 5.91 Å². The molecule has 1 amide bonds. The predicted octanol–water partition coefficient (Wildman–Crippen LogP) is 1.44. The summed E-state index contributed by atoms with van der Waals surface area (Å²) in [6, 6.07) is 7.78. The SMILES string of the molecule is O=C(NC[C@@]1(O)CCN(c2cnccn2)C1)c1ccc(CN2CCCC2)cc1. The Labute approximate surface area is 165 Å². The van der Waals surface area contributed by atoms with Crippen LogP contribution in [0.4, 0.5) is 5.82 Å². The minimum atomic E-state index is -0.955. The quantitative estimate of drug-likeness (QED) is 0.788. The van der Waals surface area contributed by atoms with E-state index in [0.29, 0.717) is 25.1 Å². The van der Waals surface area contributed by atoms with Crippen LogP contribution in [0, 0.1) is 0 Å². The molecule has 2 N–H and O–H groups in total. The van der Waals surface area contributed by atoms with Crippen molar-refractivity contribution < 1.29 is 9.90 Å². The van der Waals surface area contributed by atoms with Crippen molar-refractivity contribution >= 4 is 11.7 Å². The summed E-state index contributed by atoms with van der Waals surface area (Å²) in [5.41, 5.74) is 0.896. The van der Waals surface area contributed by atoms with E-state index in [1.165, 1.54) is 18.4 Å². The summed E-state index contributed by atoms with van der Waals surface area (Å²) < 4.78 is 0. The fourth-order valence-corrected chi connectivity index (χ4v) is 3.96. The van der Waals surface area contributed by atoms with Gasteiger partial charge >= 0.3 is 0 Å². The third kappa shape index (κ3) is 4.48. The average molecular weight is 381 g/mol. The molecule has 7 nitrogen and oxygen atoms in total. The topological polar surface area (TPSA) is 81.6 Å². The number of hydrogen-bond donors (Lipinski definition) is 2. The molecule has 0 radical (unpaired) electrons. The number of carbonyl (C=O) groups is 1. The van der Waals surface area contributed by atoms with E-state index in [1.54, 1.807) is 18.6 Å². The molecule has 2 fully saturated rings. The first kappa shape index (κ1) is 18.8. The third-order valence-electron chi connectivity index (χ3n) is 5.60. The molecule has 1 atom stereocenters. The Balaban J connectivity index is 1.29. The van der Waals surface area contributed by atoms with Gasteiger partial charge in [0.05, 0.1) is 6.20 Å². The van der Waals surface area contributed by atoms with Crippen LogP contribution < -0.4 is 10.2 Å². The molecule has 2 saturated heterocycles. The maximum absolute atomic E-state index is 12.5. The van der Waals surface area contributed by atoms with Gasteiger partial charge in [0.1, 0.15) is 11.4 Å². The molecule has 3 heterocycles. The van der Waals surface area contributed by atoms with Gasteiger partial charge in [0, 0.05) is 44.1 Å². The number of nitrogens with zero attached hydrogens (tertiary/aromatic N) is 4. The van der Waals surface area contributed by atoms with Crippen LogP contribution in [0.3, 0.4) is 0 Å². The monoisotopic (exact) mass is 381 g/mol. The van der Waals surface area contributed by atoms with Gasteiger partial charge in [-0.3, -0.25) is 14.7 Å². The molecule has 0 spiro atoms. The molecule has 0 bridgehead atoms. The van der Waals surface area contributed by atoms with Crippen LogP contribution in [0.15, 0.2) is 42.9 Å². The number of nitrogens with one attached hydrogen (secondary N) is 1. The minimum Gasteiger partial charge on any atom is -0.386 e. The second-order valence-corrected chi connectivity index (χ2v) is 7.82. The maximum atomic E-state index is 12.5. The molecule has 2 aromatic rings. The number of hydrogen-bond acceptors (Lipinski definition) is 6. The molecule has 2 aliphatic rings. The maximum Gasteiger partial charge on any atom is 0.251 e. The molecule has 0 unspecified atom stereocenters. The van der Waals surface area contributed by atoms with Crippen LogP contribution in [0.1, 0.15) is 35.2 Å². The zero-order valence-electron chi connectivity index (χ0n) is 16.0. The van der Waals surface area contributed by atoms with E-state index in [9.17, 15) is 9.90 Å². The van der Waals surface area contributed by atoms with Crippen molar-refractivity contribution in [1.82, 2.24) is 20.2 Å². The molecule has 0 saturated carbocycles.